The molecule has 0 spiro atoms. The zero-order valence-corrected chi connectivity index (χ0v) is 11.0. The van der Waals surface area contributed by atoms with Crippen LogP contribution in [-0.4, -0.2) is 25.0 Å². The molecule has 1 saturated heterocycles. The molecule has 1 rings (SSSR count). The standard InChI is InChI=1S/C13H26N2O/c1-9(2)10(3)8-15-13(16)12-5-6-14-11(4)7-12/h9-12,14H,5-8H2,1-4H3,(H,15,16)/t10?,11-,12-/m0/s1. The summed E-state index contributed by atoms with van der Waals surface area (Å²) < 4.78 is 0. The minimum atomic E-state index is 0.218. The Balaban J connectivity index is 2.29. The van der Waals surface area contributed by atoms with Gasteiger partial charge in [0.15, 0.2) is 0 Å². The Bertz CT molecular complexity index is 228. The molecule has 16 heavy (non-hydrogen) atoms. The summed E-state index contributed by atoms with van der Waals surface area (Å²) in [6.45, 7) is 10.5. The summed E-state index contributed by atoms with van der Waals surface area (Å²) in [5, 5.41) is 6.46. The van der Waals surface area contributed by atoms with Crippen LogP contribution in [0.1, 0.15) is 40.5 Å². The van der Waals surface area contributed by atoms with E-state index in [9.17, 15) is 4.79 Å². The predicted molar refractivity (Wildman–Crippen MR) is 67.2 cm³/mol. The van der Waals surface area contributed by atoms with Gasteiger partial charge >= 0.3 is 0 Å². The van der Waals surface area contributed by atoms with Gasteiger partial charge in [0.2, 0.25) is 5.91 Å². The van der Waals surface area contributed by atoms with Crippen molar-refractivity contribution in [2.45, 2.75) is 46.6 Å². The Morgan fingerprint density at radius 2 is 2.12 bits per heavy atom. The van der Waals surface area contributed by atoms with E-state index in [0.717, 1.165) is 25.9 Å². The van der Waals surface area contributed by atoms with E-state index in [0.29, 0.717) is 17.9 Å². The first kappa shape index (κ1) is 13.5. The average molecular weight is 226 g/mol. The molecule has 1 heterocycles. The van der Waals surface area contributed by atoms with Crippen LogP contribution in [0.5, 0.6) is 0 Å². The minimum absolute atomic E-state index is 0.218. The molecule has 94 valence electrons. The fraction of sp³-hybridized carbons (Fsp3) is 0.923. The number of rotatable bonds is 4. The molecule has 1 amide bonds. The molecular weight excluding hydrogens is 200 g/mol. The second-order valence-electron chi connectivity index (χ2n) is 5.54. The van der Waals surface area contributed by atoms with Crippen LogP contribution in [0.15, 0.2) is 0 Å². The van der Waals surface area contributed by atoms with Crippen molar-refractivity contribution in [2.24, 2.45) is 17.8 Å². The summed E-state index contributed by atoms with van der Waals surface area (Å²) in [7, 11) is 0. The maximum absolute atomic E-state index is 11.9. The van der Waals surface area contributed by atoms with E-state index in [1.165, 1.54) is 0 Å². The van der Waals surface area contributed by atoms with Gasteiger partial charge in [0.05, 0.1) is 0 Å². The summed E-state index contributed by atoms with van der Waals surface area (Å²) in [5.41, 5.74) is 0. The van der Waals surface area contributed by atoms with Crippen LogP contribution in [-0.2, 0) is 4.79 Å². The number of hydrogen-bond donors (Lipinski definition) is 2. The lowest BCUT2D eigenvalue weighted by Crippen LogP contribution is -2.43. The largest absolute Gasteiger partial charge is 0.356 e. The second kappa shape index (κ2) is 6.24. The SMILES string of the molecule is CC(C)C(C)CNC(=O)[C@H]1CCN[C@@H](C)C1. The lowest BCUT2D eigenvalue weighted by Gasteiger charge is -2.27. The van der Waals surface area contributed by atoms with Gasteiger partial charge in [-0.2, -0.15) is 0 Å². The van der Waals surface area contributed by atoms with E-state index < -0.39 is 0 Å². The lowest BCUT2D eigenvalue weighted by molar-refractivity contribution is -0.126. The monoisotopic (exact) mass is 226 g/mol. The molecule has 0 radical (unpaired) electrons. The van der Waals surface area contributed by atoms with Crippen LogP contribution in [0.2, 0.25) is 0 Å². The Labute approximate surface area is 99.4 Å². The summed E-state index contributed by atoms with van der Waals surface area (Å²) in [6.07, 6.45) is 1.95. The van der Waals surface area contributed by atoms with Gasteiger partial charge in [-0.1, -0.05) is 20.8 Å². The van der Waals surface area contributed by atoms with Crippen molar-refractivity contribution in [3.8, 4) is 0 Å². The summed E-state index contributed by atoms with van der Waals surface area (Å²) in [5.74, 6) is 1.66. The van der Waals surface area contributed by atoms with Crippen molar-refractivity contribution in [2.75, 3.05) is 13.1 Å². The smallest absolute Gasteiger partial charge is 0.223 e. The molecule has 0 aromatic carbocycles. The van der Waals surface area contributed by atoms with Crippen molar-refractivity contribution in [3.63, 3.8) is 0 Å². The highest BCUT2D eigenvalue weighted by Crippen LogP contribution is 2.16. The molecule has 3 nitrogen and oxygen atoms in total. The predicted octanol–water partition coefficient (Wildman–Crippen LogP) is 1.78. The Hall–Kier alpha value is -0.570. The van der Waals surface area contributed by atoms with Crippen molar-refractivity contribution in [1.82, 2.24) is 10.6 Å². The third kappa shape index (κ3) is 4.12. The second-order valence-corrected chi connectivity index (χ2v) is 5.54. The van der Waals surface area contributed by atoms with Gasteiger partial charge in [-0.3, -0.25) is 4.79 Å². The highest BCUT2D eigenvalue weighted by atomic mass is 16.1. The molecular formula is C13H26N2O. The highest BCUT2D eigenvalue weighted by molar-refractivity contribution is 5.78. The van der Waals surface area contributed by atoms with Crippen LogP contribution in [0.25, 0.3) is 0 Å². The van der Waals surface area contributed by atoms with Gasteiger partial charge < -0.3 is 10.6 Å². The van der Waals surface area contributed by atoms with Gasteiger partial charge in [-0.15, -0.1) is 0 Å². The van der Waals surface area contributed by atoms with Crippen LogP contribution in [0.4, 0.5) is 0 Å². The van der Waals surface area contributed by atoms with Gasteiger partial charge in [0.25, 0.3) is 0 Å². The first-order valence-corrected chi connectivity index (χ1v) is 6.51. The van der Waals surface area contributed by atoms with E-state index in [1.807, 2.05) is 0 Å². The molecule has 3 atom stereocenters. The molecule has 1 aliphatic rings. The van der Waals surface area contributed by atoms with Gasteiger partial charge in [-0.25, -0.2) is 0 Å². The van der Waals surface area contributed by atoms with Gasteiger partial charge in [0, 0.05) is 18.5 Å². The Morgan fingerprint density at radius 1 is 1.44 bits per heavy atom. The van der Waals surface area contributed by atoms with E-state index in [2.05, 4.69) is 38.3 Å². The number of piperidine rings is 1. The van der Waals surface area contributed by atoms with Crippen molar-refractivity contribution < 1.29 is 4.79 Å². The molecule has 0 bridgehead atoms. The number of carbonyl (C=O) groups excluding carboxylic acids is 1. The molecule has 2 N–H and O–H groups in total. The molecule has 0 aliphatic carbocycles. The van der Waals surface area contributed by atoms with Crippen LogP contribution in [0.3, 0.4) is 0 Å². The summed E-state index contributed by atoms with van der Waals surface area (Å²) >= 11 is 0. The number of nitrogens with one attached hydrogen (secondary N) is 2. The third-order valence-electron chi connectivity index (χ3n) is 3.73. The van der Waals surface area contributed by atoms with Crippen LogP contribution in [0, 0.1) is 17.8 Å². The molecule has 0 aromatic rings. The minimum Gasteiger partial charge on any atom is -0.356 e. The highest BCUT2D eigenvalue weighted by Gasteiger charge is 2.24. The van der Waals surface area contributed by atoms with Crippen molar-refractivity contribution >= 4 is 5.91 Å². The van der Waals surface area contributed by atoms with E-state index in [4.69, 9.17) is 0 Å². The first-order valence-electron chi connectivity index (χ1n) is 6.51. The van der Waals surface area contributed by atoms with Gasteiger partial charge in [-0.05, 0) is 38.1 Å². The molecule has 1 aliphatic heterocycles. The number of carbonyl (C=O) groups is 1. The lowest BCUT2D eigenvalue weighted by atomic mass is 9.92. The maximum atomic E-state index is 11.9. The van der Waals surface area contributed by atoms with Crippen LogP contribution >= 0.6 is 0 Å². The average Bonchev–Trinajstić information content (AvgIpc) is 2.25. The maximum Gasteiger partial charge on any atom is 0.223 e. The quantitative estimate of drug-likeness (QED) is 0.767. The molecule has 3 heteroatoms. The van der Waals surface area contributed by atoms with Crippen molar-refractivity contribution in [1.29, 1.82) is 0 Å². The topological polar surface area (TPSA) is 41.1 Å². The third-order valence-corrected chi connectivity index (χ3v) is 3.73. The Kier molecular flexibility index (Phi) is 5.26. The fourth-order valence-electron chi connectivity index (χ4n) is 2.01. The zero-order valence-electron chi connectivity index (χ0n) is 11.0. The van der Waals surface area contributed by atoms with E-state index >= 15 is 0 Å². The van der Waals surface area contributed by atoms with Gasteiger partial charge in [0.1, 0.15) is 0 Å². The fourth-order valence-corrected chi connectivity index (χ4v) is 2.01. The summed E-state index contributed by atoms with van der Waals surface area (Å²) in [4.78, 5) is 11.9. The normalized spacial score (nSPS) is 27.8. The zero-order chi connectivity index (χ0) is 12.1. The van der Waals surface area contributed by atoms with Crippen LogP contribution < -0.4 is 10.6 Å². The number of hydrogen-bond acceptors (Lipinski definition) is 2. The molecule has 0 aromatic heterocycles. The van der Waals surface area contributed by atoms with E-state index in [1.54, 1.807) is 0 Å². The molecule has 1 fully saturated rings. The number of amides is 1. The Morgan fingerprint density at radius 3 is 2.69 bits per heavy atom. The molecule has 1 unspecified atom stereocenters. The summed E-state index contributed by atoms with van der Waals surface area (Å²) in [6, 6.07) is 0.479. The van der Waals surface area contributed by atoms with E-state index in [-0.39, 0.29) is 11.8 Å². The first-order chi connectivity index (χ1) is 7.50. The van der Waals surface area contributed by atoms with Crippen molar-refractivity contribution in [3.05, 3.63) is 0 Å². The molecule has 0 saturated carbocycles.